The van der Waals surface area contributed by atoms with Crippen molar-refractivity contribution in [3.8, 4) is 22.8 Å². The van der Waals surface area contributed by atoms with Gasteiger partial charge in [0.25, 0.3) is 11.4 Å². The molecule has 0 bridgehead atoms. The van der Waals surface area contributed by atoms with E-state index >= 15 is 0 Å². The smallest absolute Gasteiger partial charge is 0.264 e. The van der Waals surface area contributed by atoms with Crippen LogP contribution in [0.25, 0.3) is 22.8 Å². The number of carbonyl (C=O) groups excluding carboxylic acids is 1. The number of hydrogen-bond donors (Lipinski definition) is 1. The van der Waals surface area contributed by atoms with Crippen molar-refractivity contribution >= 4 is 23.2 Å². The van der Waals surface area contributed by atoms with Gasteiger partial charge in [-0.15, -0.1) is 0 Å². The average Bonchev–Trinajstić information content (AvgIpc) is 3.24. The Morgan fingerprint density at radius 3 is 2.58 bits per heavy atom. The van der Waals surface area contributed by atoms with Gasteiger partial charge in [0.15, 0.2) is 0 Å². The summed E-state index contributed by atoms with van der Waals surface area (Å²) in [6, 6.07) is 11.2. The van der Waals surface area contributed by atoms with Crippen molar-refractivity contribution in [2.45, 2.75) is 20.4 Å². The van der Waals surface area contributed by atoms with Crippen LogP contribution in [0.5, 0.6) is 0 Å². The first-order valence-corrected chi connectivity index (χ1v) is 10.2. The Hall–Kier alpha value is -3.85. The van der Waals surface area contributed by atoms with Crippen LogP contribution in [0.15, 0.2) is 57.8 Å². The first kappa shape index (κ1) is 22.3. The molecule has 4 rings (SSSR count). The number of aryl methyl sites for hydroxylation is 2. The SMILES string of the molecule is Cc1cc(C)n(CC(=O)Nc2cc(F)ccc2F)c(=O)c1-c1nc(-c2ccc(Cl)cc2)no1. The molecule has 0 radical (unpaired) electrons. The minimum atomic E-state index is -0.793. The fourth-order valence-electron chi connectivity index (χ4n) is 3.35. The van der Waals surface area contributed by atoms with Crippen molar-refractivity contribution in [2.24, 2.45) is 0 Å². The molecule has 4 aromatic rings. The van der Waals surface area contributed by atoms with Crippen LogP contribution in [0.4, 0.5) is 14.5 Å². The normalized spacial score (nSPS) is 10.9. The van der Waals surface area contributed by atoms with E-state index < -0.39 is 29.6 Å². The maximum Gasteiger partial charge on any atom is 0.264 e. The lowest BCUT2D eigenvalue weighted by atomic mass is 10.1. The number of carbonyl (C=O) groups is 1. The molecule has 0 unspecified atom stereocenters. The van der Waals surface area contributed by atoms with E-state index in [0.29, 0.717) is 21.8 Å². The number of pyridine rings is 1. The Bertz CT molecular complexity index is 1410. The minimum Gasteiger partial charge on any atom is -0.333 e. The first-order valence-electron chi connectivity index (χ1n) is 9.79. The maximum absolute atomic E-state index is 13.8. The highest BCUT2D eigenvalue weighted by molar-refractivity contribution is 6.30. The van der Waals surface area contributed by atoms with Gasteiger partial charge >= 0.3 is 0 Å². The highest BCUT2D eigenvalue weighted by Crippen LogP contribution is 2.24. The Kier molecular flexibility index (Phi) is 6.06. The zero-order chi connectivity index (χ0) is 23.7. The highest BCUT2D eigenvalue weighted by Gasteiger charge is 2.20. The molecule has 0 aliphatic heterocycles. The van der Waals surface area contributed by atoms with Gasteiger partial charge < -0.3 is 14.4 Å². The fourth-order valence-corrected chi connectivity index (χ4v) is 3.48. The predicted octanol–water partition coefficient (Wildman–Crippen LogP) is 4.75. The van der Waals surface area contributed by atoms with Crippen molar-refractivity contribution < 1.29 is 18.1 Å². The number of hydrogen-bond acceptors (Lipinski definition) is 5. The third kappa shape index (κ3) is 4.68. The number of aromatic nitrogens is 3. The molecule has 0 saturated heterocycles. The summed E-state index contributed by atoms with van der Waals surface area (Å²) < 4.78 is 33.7. The number of halogens is 3. The van der Waals surface area contributed by atoms with Crippen molar-refractivity contribution in [3.05, 3.63) is 86.8 Å². The molecule has 10 heteroatoms. The molecule has 2 heterocycles. The van der Waals surface area contributed by atoms with Crippen LogP contribution in [0, 0.1) is 25.5 Å². The monoisotopic (exact) mass is 470 g/mol. The Balaban J connectivity index is 1.65. The van der Waals surface area contributed by atoms with Crippen LogP contribution in [-0.4, -0.2) is 20.6 Å². The lowest BCUT2D eigenvalue weighted by Gasteiger charge is -2.13. The van der Waals surface area contributed by atoms with Crippen LogP contribution in [0.3, 0.4) is 0 Å². The quantitative estimate of drug-likeness (QED) is 0.454. The summed E-state index contributed by atoms with van der Waals surface area (Å²) in [5, 5.41) is 6.76. The van der Waals surface area contributed by atoms with Crippen molar-refractivity contribution in [1.29, 1.82) is 0 Å². The van der Waals surface area contributed by atoms with Gasteiger partial charge in [0.1, 0.15) is 23.7 Å². The Morgan fingerprint density at radius 2 is 1.85 bits per heavy atom. The van der Waals surface area contributed by atoms with Gasteiger partial charge in [-0.3, -0.25) is 9.59 Å². The van der Waals surface area contributed by atoms with Crippen LogP contribution in [-0.2, 0) is 11.3 Å². The molecule has 0 atom stereocenters. The molecule has 1 amide bonds. The Labute approximate surface area is 191 Å². The van der Waals surface area contributed by atoms with Gasteiger partial charge in [-0.25, -0.2) is 8.78 Å². The molecule has 2 aromatic carbocycles. The largest absolute Gasteiger partial charge is 0.333 e. The molecular formula is C23H17ClF2N4O3. The summed E-state index contributed by atoms with van der Waals surface area (Å²) in [4.78, 5) is 30.0. The van der Waals surface area contributed by atoms with Gasteiger partial charge in [-0.1, -0.05) is 16.8 Å². The van der Waals surface area contributed by atoms with Crippen LogP contribution < -0.4 is 10.9 Å². The summed E-state index contributed by atoms with van der Waals surface area (Å²) in [6.45, 7) is 2.94. The molecule has 168 valence electrons. The number of benzene rings is 2. The lowest BCUT2D eigenvalue weighted by molar-refractivity contribution is -0.116. The van der Waals surface area contributed by atoms with Gasteiger partial charge in [-0.2, -0.15) is 4.98 Å². The van der Waals surface area contributed by atoms with Crippen molar-refractivity contribution in [1.82, 2.24) is 14.7 Å². The van der Waals surface area contributed by atoms with E-state index in [1.807, 2.05) is 0 Å². The standard InChI is InChI=1S/C23H17ClF2N4O3/c1-12-9-13(2)30(11-19(31)27-18-10-16(25)7-8-17(18)26)23(32)20(12)22-28-21(29-33-22)14-3-5-15(24)6-4-14/h3-10H,11H2,1-2H3,(H,27,31). The fraction of sp³-hybridized carbons (Fsp3) is 0.130. The zero-order valence-corrected chi connectivity index (χ0v) is 18.3. The third-order valence-electron chi connectivity index (χ3n) is 4.95. The molecule has 0 fully saturated rings. The lowest BCUT2D eigenvalue weighted by Crippen LogP contribution is -2.31. The molecule has 7 nitrogen and oxygen atoms in total. The molecule has 33 heavy (non-hydrogen) atoms. The van der Waals surface area contributed by atoms with E-state index in [4.69, 9.17) is 16.1 Å². The van der Waals surface area contributed by atoms with Gasteiger partial charge in [0.2, 0.25) is 11.7 Å². The van der Waals surface area contributed by atoms with Crippen molar-refractivity contribution in [3.63, 3.8) is 0 Å². The molecule has 0 aliphatic carbocycles. The van der Waals surface area contributed by atoms with E-state index in [2.05, 4.69) is 15.5 Å². The maximum atomic E-state index is 13.8. The van der Waals surface area contributed by atoms with E-state index in [0.717, 1.165) is 18.2 Å². The second kappa shape index (κ2) is 8.95. The molecule has 0 saturated carbocycles. The van der Waals surface area contributed by atoms with E-state index in [1.54, 1.807) is 44.2 Å². The van der Waals surface area contributed by atoms with Gasteiger partial charge in [0, 0.05) is 22.3 Å². The van der Waals surface area contributed by atoms with Crippen LogP contribution in [0.1, 0.15) is 11.3 Å². The van der Waals surface area contributed by atoms with Crippen LogP contribution >= 0.6 is 11.6 Å². The Morgan fingerprint density at radius 1 is 1.12 bits per heavy atom. The van der Waals surface area contributed by atoms with Gasteiger partial charge in [0.05, 0.1) is 5.69 Å². The zero-order valence-electron chi connectivity index (χ0n) is 17.5. The van der Waals surface area contributed by atoms with E-state index in [-0.39, 0.29) is 23.0 Å². The third-order valence-corrected chi connectivity index (χ3v) is 5.20. The second-order valence-corrected chi connectivity index (χ2v) is 7.77. The summed E-state index contributed by atoms with van der Waals surface area (Å²) in [5.41, 5.74) is 1.01. The number of anilines is 1. The predicted molar refractivity (Wildman–Crippen MR) is 119 cm³/mol. The summed E-state index contributed by atoms with van der Waals surface area (Å²) in [6.07, 6.45) is 0. The van der Waals surface area contributed by atoms with E-state index in [9.17, 15) is 18.4 Å². The molecule has 2 aromatic heterocycles. The molecule has 1 N–H and O–H groups in total. The van der Waals surface area contributed by atoms with E-state index in [1.165, 1.54) is 4.57 Å². The average molecular weight is 471 g/mol. The van der Waals surface area contributed by atoms with Crippen molar-refractivity contribution in [2.75, 3.05) is 5.32 Å². The van der Waals surface area contributed by atoms with Gasteiger partial charge in [-0.05, 0) is 61.9 Å². The summed E-state index contributed by atoms with van der Waals surface area (Å²) >= 11 is 5.90. The second-order valence-electron chi connectivity index (χ2n) is 7.34. The minimum absolute atomic E-state index is 0.00668. The molecule has 0 spiro atoms. The number of amides is 1. The number of rotatable bonds is 5. The number of nitrogens with one attached hydrogen (secondary N) is 1. The highest BCUT2D eigenvalue weighted by atomic mass is 35.5. The molecule has 0 aliphatic rings. The summed E-state index contributed by atoms with van der Waals surface area (Å²) in [7, 11) is 0. The summed E-state index contributed by atoms with van der Waals surface area (Å²) in [5.74, 6) is -1.93. The molecular weight excluding hydrogens is 454 g/mol. The first-order chi connectivity index (χ1) is 15.7. The van der Waals surface area contributed by atoms with Crippen LogP contribution in [0.2, 0.25) is 5.02 Å². The topological polar surface area (TPSA) is 90.0 Å². The number of nitrogens with zero attached hydrogens (tertiary/aromatic N) is 3.